The topological polar surface area (TPSA) is 35.6 Å². The summed E-state index contributed by atoms with van der Waals surface area (Å²) < 4.78 is 0. The fourth-order valence-corrected chi connectivity index (χ4v) is 4.51. The van der Waals surface area contributed by atoms with Gasteiger partial charge in [0.25, 0.3) is 0 Å². The van der Waals surface area contributed by atoms with Gasteiger partial charge in [0.2, 0.25) is 0 Å². The van der Waals surface area contributed by atoms with Crippen LogP contribution in [0.2, 0.25) is 5.02 Å². The molecule has 6 heteroatoms. The summed E-state index contributed by atoms with van der Waals surface area (Å²) in [5.41, 5.74) is 0.799. The molecule has 1 N–H and O–H groups in total. The van der Waals surface area contributed by atoms with Gasteiger partial charge in [-0.3, -0.25) is 4.90 Å². The van der Waals surface area contributed by atoms with E-state index >= 15 is 0 Å². The van der Waals surface area contributed by atoms with E-state index < -0.39 is 0 Å². The van der Waals surface area contributed by atoms with Crippen LogP contribution in [0.15, 0.2) is 23.1 Å². The Hall–Kier alpha value is -0.910. The molecule has 1 aromatic carbocycles. The lowest BCUT2D eigenvalue weighted by Crippen LogP contribution is -2.41. The Morgan fingerprint density at radius 3 is 2.86 bits per heavy atom. The predicted octanol–water partition coefficient (Wildman–Crippen LogP) is 3.76. The van der Waals surface area contributed by atoms with Gasteiger partial charge in [0.15, 0.2) is 0 Å². The monoisotopic (exact) mass is 339 g/mol. The molecule has 2 saturated heterocycles. The van der Waals surface area contributed by atoms with Gasteiger partial charge in [0.05, 0.1) is 10.7 Å². The van der Waals surface area contributed by atoms with E-state index in [1.165, 1.54) is 12.8 Å². The number of carbonyl (C=O) groups is 1. The zero-order valence-corrected chi connectivity index (χ0v) is 14.6. The average Bonchev–Trinajstić information content (AvgIpc) is 2.72. The van der Waals surface area contributed by atoms with E-state index in [0.717, 1.165) is 30.1 Å². The number of hydrogen-bond acceptors (Lipinski definition) is 3. The van der Waals surface area contributed by atoms with Crippen LogP contribution in [0.1, 0.15) is 19.3 Å². The van der Waals surface area contributed by atoms with Crippen LogP contribution in [-0.4, -0.2) is 54.3 Å². The van der Waals surface area contributed by atoms with E-state index in [4.69, 9.17) is 11.6 Å². The van der Waals surface area contributed by atoms with Crippen LogP contribution in [0.5, 0.6) is 0 Å². The lowest BCUT2D eigenvalue weighted by atomic mass is 10.1. The number of likely N-dealkylation sites (N-methyl/N-ethyl adjacent to an activating group) is 1. The van der Waals surface area contributed by atoms with E-state index in [-0.39, 0.29) is 6.03 Å². The summed E-state index contributed by atoms with van der Waals surface area (Å²) in [7, 11) is 2.19. The third kappa shape index (κ3) is 3.07. The number of amides is 2. The number of nitrogens with one attached hydrogen (secondary N) is 1. The molecule has 3 rings (SSSR count). The van der Waals surface area contributed by atoms with E-state index in [0.29, 0.717) is 17.1 Å². The molecule has 2 atom stereocenters. The molecule has 0 aromatic heterocycles. The largest absolute Gasteiger partial charge is 0.323 e. The van der Waals surface area contributed by atoms with Crippen molar-refractivity contribution in [3.8, 4) is 0 Å². The van der Waals surface area contributed by atoms with Crippen molar-refractivity contribution in [1.29, 1.82) is 0 Å². The molecule has 2 unspecified atom stereocenters. The first-order valence-corrected chi connectivity index (χ1v) is 9.30. The first-order valence-electron chi connectivity index (χ1n) is 7.70. The maximum absolute atomic E-state index is 12.6. The summed E-state index contributed by atoms with van der Waals surface area (Å²) in [4.78, 5) is 17.9. The molecule has 120 valence electrons. The molecule has 0 aliphatic carbocycles. The fraction of sp³-hybridized carbons (Fsp3) is 0.562. The number of likely N-dealkylation sites (tertiary alicyclic amines) is 1. The van der Waals surface area contributed by atoms with Gasteiger partial charge in [0, 0.05) is 30.1 Å². The molecule has 2 heterocycles. The van der Waals surface area contributed by atoms with Gasteiger partial charge in [-0.25, -0.2) is 4.79 Å². The Morgan fingerprint density at radius 1 is 1.32 bits per heavy atom. The Kier molecular flexibility index (Phi) is 4.85. The van der Waals surface area contributed by atoms with Crippen molar-refractivity contribution < 1.29 is 4.79 Å². The number of halogens is 1. The van der Waals surface area contributed by atoms with Gasteiger partial charge in [-0.15, -0.1) is 11.8 Å². The van der Waals surface area contributed by atoms with Crippen molar-refractivity contribution in [2.24, 2.45) is 0 Å². The summed E-state index contributed by atoms with van der Waals surface area (Å²) in [5, 5.41) is 3.72. The summed E-state index contributed by atoms with van der Waals surface area (Å²) in [6.07, 6.45) is 5.49. The van der Waals surface area contributed by atoms with Crippen LogP contribution in [0, 0.1) is 0 Å². The number of thioether (sulfide) groups is 1. The normalized spacial score (nSPS) is 25.1. The standard InChI is InChI=1S/C16H22ClN3OS/c1-19-11-6-7-12(19)10-20(9-8-11)16(21)18-14-5-3-4-13(17)15(14)22-2/h3-5,11-12H,6-10H2,1-2H3,(H,18,21). The summed E-state index contributed by atoms with van der Waals surface area (Å²) in [6.45, 7) is 1.64. The lowest BCUT2D eigenvalue weighted by molar-refractivity contribution is 0.200. The summed E-state index contributed by atoms with van der Waals surface area (Å²) in [5.74, 6) is 0. The molecule has 0 spiro atoms. The molecule has 2 fully saturated rings. The number of benzene rings is 1. The zero-order chi connectivity index (χ0) is 15.7. The van der Waals surface area contributed by atoms with Crippen molar-refractivity contribution >= 4 is 35.1 Å². The van der Waals surface area contributed by atoms with Crippen molar-refractivity contribution in [2.75, 3.05) is 31.7 Å². The number of urea groups is 1. The molecule has 2 aliphatic rings. The van der Waals surface area contributed by atoms with Crippen LogP contribution in [0.4, 0.5) is 10.5 Å². The molecule has 4 nitrogen and oxygen atoms in total. The van der Waals surface area contributed by atoms with Gasteiger partial charge in [-0.1, -0.05) is 17.7 Å². The minimum atomic E-state index is -0.0153. The molecule has 22 heavy (non-hydrogen) atoms. The summed E-state index contributed by atoms with van der Waals surface area (Å²) >= 11 is 7.76. The maximum Gasteiger partial charge on any atom is 0.321 e. The van der Waals surface area contributed by atoms with E-state index in [1.54, 1.807) is 11.8 Å². The Bertz CT molecular complexity index is 568. The van der Waals surface area contributed by atoms with Gasteiger partial charge < -0.3 is 10.2 Å². The minimum absolute atomic E-state index is 0.0153. The van der Waals surface area contributed by atoms with Gasteiger partial charge >= 0.3 is 6.03 Å². The second-order valence-corrected chi connectivity index (χ2v) is 7.26. The molecule has 0 radical (unpaired) electrons. The Balaban J connectivity index is 1.71. The molecule has 0 saturated carbocycles. The smallest absolute Gasteiger partial charge is 0.321 e. The molecule has 2 amide bonds. The van der Waals surface area contributed by atoms with Crippen molar-refractivity contribution in [3.05, 3.63) is 23.2 Å². The maximum atomic E-state index is 12.6. The number of carbonyl (C=O) groups excluding carboxylic acids is 1. The SMILES string of the molecule is CSc1c(Cl)cccc1NC(=O)N1CCC2CCC(C1)N2C. The molecule has 1 aromatic rings. The van der Waals surface area contributed by atoms with Gasteiger partial charge in [-0.2, -0.15) is 0 Å². The number of anilines is 1. The van der Waals surface area contributed by atoms with Crippen LogP contribution >= 0.6 is 23.4 Å². The first-order chi connectivity index (χ1) is 10.6. The third-order valence-corrected chi connectivity index (χ3v) is 6.12. The van der Waals surface area contributed by atoms with Crippen molar-refractivity contribution in [1.82, 2.24) is 9.80 Å². The van der Waals surface area contributed by atoms with Crippen molar-refractivity contribution in [3.63, 3.8) is 0 Å². The van der Waals surface area contributed by atoms with Crippen molar-refractivity contribution in [2.45, 2.75) is 36.2 Å². The van der Waals surface area contributed by atoms with Crippen LogP contribution in [0.25, 0.3) is 0 Å². The highest BCUT2D eigenvalue weighted by Gasteiger charge is 2.36. The highest BCUT2D eigenvalue weighted by Crippen LogP contribution is 2.33. The molecular formula is C16H22ClN3OS. The second kappa shape index (κ2) is 6.69. The fourth-order valence-electron chi connectivity index (χ4n) is 3.50. The lowest BCUT2D eigenvalue weighted by Gasteiger charge is -2.26. The van der Waals surface area contributed by atoms with Gasteiger partial charge in [-0.05, 0) is 44.7 Å². The first kappa shape index (κ1) is 16.0. The van der Waals surface area contributed by atoms with E-state index in [1.807, 2.05) is 29.4 Å². The minimum Gasteiger partial charge on any atom is -0.323 e. The molecular weight excluding hydrogens is 318 g/mol. The average molecular weight is 340 g/mol. The summed E-state index contributed by atoms with van der Waals surface area (Å²) in [6, 6.07) is 6.75. The number of hydrogen-bond donors (Lipinski definition) is 1. The highest BCUT2D eigenvalue weighted by atomic mass is 35.5. The highest BCUT2D eigenvalue weighted by molar-refractivity contribution is 7.98. The number of rotatable bonds is 2. The van der Waals surface area contributed by atoms with Crippen LogP contribution < -0.4 is 5.32 Å². The third-order valence-electron chi connectivity index (χ3n) is 4.85. The Labute approximate surface area is 141 Å². The zero-order valence-electron chi connectivity index (χ0n) is 13.0. The quantitative estimate of drug-likeness (QED) is 0.833. The number of fused-ring (bicyclic) bond motifs is 2. The van der Waals surface area contributed by atoms with E-state index in [2.05, 4.69) is 17.3 Å². The van der Waals surface area contributed by atoms with Gasteiger partial charge in [0.1, 0.15) is 0 Å². The molecule has 2 bridgehead atoms. The Morgan fingerprint density at radius 2 is 2.09 bits per heavy atom. The molecule has 2 aliphatic heterocycles. The van der Waals surface area contributed by atoms with Crippen LogP contribution in [-0.2, 0) is 0 Å². The predicted molar refractivity (Wildman–Crippen MR) is 93.0 cm³/mol. The number of nitrogens with zero attached hydrogens (tertiary/aromatic N) is 2. The van der Waals surface area contributed by atoms with Crippen LogP contribution in [0.3, 0.4) is 0 Å². The van der Waals surface area contributed by atoms with E-state index in [9.17, 15) is 4.79 Å². The second-order valence-electron chi connectivity index (χ2n) is 6.04.